The fourth-order valence-corrected chi connectivity index (χ4v) is 2.27. The minimum atomic E-state index is 0.581. The summed E-state index contributed by atoms with van der Waals surface area (Å²) < 4.78 is 7.34. The standard InChI is InChI=1S/C17H14N2O2/c1-21-16-11-13(12-20)7-8-15(16)19-10-9-18-17(19)14-5-3-2-4-6-14/h2-12H,1H3. The molecule has 4 nitrogen and oxygen atoms in total. The Labute approximate surface area is 122 Å². The van der Waals surface area contributed by atoms with Gasteiger partial charge < -0.3 is 4.74 Å². The molecule has 0 aliphatic heterocycles. The van der Waals surface area contributed by atoms with E-state index in [1.54, 1.807) is 25.4 Å². The Morgan fingerprint density at radius 3 is 2.67 bits per heavy atom. The Kier molecular flexibility index (Phi) is 3.51. The SMILES string of the molecule is COc1cc(C=O)ccc1-n1ccnc1-c1ccccc1. The number of ether oxygens (including phenoxy) is 1. The predicted molar refractivity (Wildman–Crippen MR) is 80.9 cm³/mol. The molecule has 3 rings (SSSR count). The van der Waals surface area contributed by atoms with Crippen LogP contribution in [0.2, 0.25) is 0 Å². The van der Waals surface area contributed by atoms with Crippen molar-refractivity contribution in [2.75, 3.05) is 7.11 Å². The number of rotatable bonds is 4. The van der Waals surface area contributed by atoms with E-state index >= 15 is 0 Å². The van der Waals surface area contributed by atoms with Crippen molar-refractivity contribution in [1.82, 2.24) is 9.55 Å². The number of hydrogen-bond acceptors (Lipinski definition) is 3. The van der Waals surface area contributed by atoms with Gasteiger partial charge in [0.15, 0.2) is 0 Å². The average molecular weight is 278 g/mol. The molecule has 0 radical (unpaired) electrons. The van der Waals surface area contributed by atoms with E-state index < -0.39 is 0 Å². The molecule has 0 fully saturated rings. The van der Waals surface area contributed by atoms with Gasteiger partial charge in [-0.3, -0.25) is 9.36 Å². The van der Waals surface area contributed by atoms with Gasteiger partial charge in [0.05, 0.1) is 12.8 Å². The first-order valence-electron chi connectivity index (χ1n) is 6.56. The molecule has 2 aromatic carbocycles. The van der Waals surface area contributed by atoms with Crippen molar-refractivity contribution in [3.05, 3.63) is 66.5 Å². The highest BCUT2D eigenvalue weighted by Crippen LogP contribution is 2.28. The summed E-state index contributed by atoms with van der Waals surface area (Å²) in [6.07, 6.45) is 4.43. The van der Waals surface area contributed by atoms with Crippen LogP contribution in [0.4, 0.5) is 0 Å². The molecule has 0 atom stereocenters. The normalized spacial score (nSPS) is 10.3. The molecule has 104 valence electrons. The molecule has 0 saturated heterocycles. The second-order valence-electron chi connectivity index (χ2n) is 4.54. The predicted octanol–water partition coefficient (Wildman–Crippen LogP) is 3.36. The Morgan fingerprint density at radius 2 is 1.95 bits per heavy atom. The quantitative estimate of drug-likeness (QED) is 0.687. The van der Waals surface area contributed by atoms with Crippen LogP contribution in [0.5, 0.6) is 5.75 Å². The zero-order chi connectivity index (χ0) is 14.7. The van der Waals surface area contributed by atoms with E-state index in [1.165, 1.54) is 0 Å². The van der Waals surface area contributed by atoms with E-state index in [4.69, 9.17) is 4.74 Å². The van der Waals surface area contributed by atoms with Gasteiger partial charge in [0.25, 0.3) is 0 Å². The highest BCUT2D eigenvalue weighted by atomic mass is 16.5. The van der Waals surface area contributed by atoms with Gasteiger partial charge in [0, 0.05) is 23.5 Å². The van der Waals surface area contributed by atoms with E-state index in [1.807, 2.05) is 47.2 Å². The monoisotopic (exact) mass is 278 g/mol. The third-order valence-corrected chi connectivity index (χ3v) is 3.27. The van der Waals surface area contributed by atoms with Gasteiger partial charge in [-0.15, -0.1) is 0 Å². The molecule has 4 heteroatoms. The van der Waals surface area contributed by atoms with Gasteiger partial charge >= 0.3 is 0 Å². The van der Waals surface area contributed by atoms with E-state index in [9.17, 15) is 4.79 Å². The molecule has 0 aliphatic rings. The van der Waals surface area contributed by atoms with Crippen LogP contribution in [-0.2, 0) is 0 Å². The first-order chi connectivity index (χ1) is 10.3. The maximum Gasteiger partial charge on any atom is 0.150 e. The Bertz CT molecular complexity index is 763. The van der Waals surface area contributed by atoms with Gasteiger partial charge in [-0.25, -0.2) is 4.98 Å². The Morgan fingerprint density at radius 1 is 1.14 bits per heavy atom. The highest BCUT2D eigenvalue weighted by molar-refractivity contribution is 5.77. The lowest BCUT2D eigenvalue weighted by Gasteiger charge is -2.12. The summed E-state index contributed by atoms with van der Waals surface area (Å²) in [5.41, 5.74) is 2.44. The van der Waals surface area contributed by atoms with Crippen molar-refractivity contribution in [3.8, 4) is 22.8 Å². The smallest absolute Gasteiger partial charge is 0.150 e. The molecule has 1 heterocycles. The molecule has 0 amide bonds. The van der Waals surface area contributed by atoms with Gasteiger partial charge in [-0.05, 0) is 18.2 Å². The van der Waals surface area contributed by atoms with Gasteiger partial charge in [-0.2, -0.15) is 0 Å². The van der Waals surface area contributed by atoms with Crippen LogP contribution in [0.25, 0.3) is 17.1 Å². The number of benzene rings is 2. The number of aromatic nitrogens is 2. The molecule has 1 aromatic heterocycles. The number of nitrogens with zero attached hydrogens (tertiary/aromatic N) is 2. The number of methoxy groups -OCH3 is 1. The average Bonchev–Trinajstić information content (AvgIpc) is 3.04. The molecular weight excluding hydrogens is 264 g/mol. The maximum atomic E-state index is 10.9. The summed E-state index contributed by atoms with van der Waals surface area (Å²) in [5.74, 6) is 1.46. The zero-order valence-corrected chi connectivity index (χ0v) is 11.6. The second kappa shape index (κ2) is 5.63. The van der Waals surface area contributed by atoms with E-state index in [0.717, 1.165) is 23.4 Å². The lowest BCUT2D eigenvalue weighted by Crippen LogP contribution is -2.00. The topological polar surface area (TPSA) is 44.1 Å². The van der Waals surface area contributed by atoms with Crippen LogP contribution in [0, 0.1) is 0 Å². The van der Waals surface area contributed by atoms with Crippen LogP contribution in [0.1, 0.15) is 10.4 Å². The summed E-state index contributed by atoms with van der Waals surface area (Å²) >= 11 is 0. The molecule has 0 bridgehead atoms. The lowest BCUT2D eigenvalue weighted by atomic mass is 10.2. The van der Waals surface area contributed by atoms with Gasteiger partial charge in [0.1, 0.15) is 17.9 Å². The van der Waals surface area contributed by atoms with Gasteiger partial charge in [0.2, 0.25) is 0 Å². The summed E-state index contributed by atoms with van der Waals surface area (Å²) in [6.45, 7) is 0. The van der Waals surface area contributed by atoms with Crippen LogP contribution in [0.3, 0.4) is 0 Å². The molecule has 0 aliphatic carbocycles. The molecule has 0 N–H and O–H groups in total. The van der Waals surface area contributed by atoms with Crippen molar-refractivity contribution in [1.29, 1.82) is 0 Å². The zero-order valence-electron chi connectivity index (χ0n) is 11.6. The van der Waals surface area contributed by atoms with Crippen LogP contribution < -0.4 is 4.74 Å². The maximum absolute atomic E-state index is 10.9. The fraction of sp³-hybridized carbons (Fsp3) is 0.0588. The first kappa shape index (κ1) is 13.1. The van der Waals surface area contributed by atoms with E-state index in [-0.39, 0.29) is 0 Å². The number of imidazole rings is 1. The molecule has 0 unspecified atom stereocenters. The van der Waals surface area contributed by atoms with Crippen LogP contribution >= 0.6 is 0 Å². The summed E-state index contributed by atoms with van der Waals surface area (Å²) in [6, 6.07) is 15.3. The first-order valence-corrected chi connectivity index (χ1v) is 6.56. The fourth-order valence-electron chi connectivity index (χ4n) is 2.27. The van der Waals surface area contributed by atoms with Crippen molar-refractivity contribution >= 4 is 6.29 Å². The highest BCUT2D eigenvalue weighted by Gasteiger charge is 2.12. The van der Waals surface area contributed by atoms with Gasteiger partial charge in [-0.1, -0.05) is 30.3 Å². The van der Waals surface area contributed by atoms with Crippen molar-refractivity contribution < 1.29 is 9.53 Å². The summed E-state index contributed by atoms with van der Waals surface area (Å²) in [7, 11) is 1.59. The largest absolute Gasteiger partial charge is 0.495 e. The second-order valence-corrected chi connectivity index (χ2v) is 4.54. The number of carbonyl (C=O) groups excluding carboxylic acids is 1. The molecule has 0 saturated carbocycles. The molecule has 21 heavy (non-hydrogen) atoms. The Hall–Kier alpha value is -2.88. The minimum Gasteiger partial charge on any atom is -0.495 e. The lowest BCUT2D eigenvalue weighted by molar-refractivity contribution is 0.112. The Balaban J connectivity index is 2.14. The third-order valence-electron chi connectivity index (χ3n) is 3.27. The minimum absolute atomic E-state index is 0.581. The third kappa shape index (κ3) is 2.43. The number of carbonyl (C=O) groups is 1. The van der Waals surface area contributed by atoms with Crippen molar-refractivity contribution in [3.63, 3.8) is 0 Å². The summed E-state index contributed by atoms with van der Waals surface area (Å²) in [5, 5.41) is 0. The van der Waals surface area contributed by atoms with Crippen LogP contribution in [-0.4, -0.2) is 22.9 Å². The van der Waals surface area contributed by atoms with E-state index in [2.05, 4.69) is 4.98 Å². The van der Waals surface area contributed by atoms with E-state index in [0.29, 0.717) is 11.3 Å². The van der Waals surface area contributed by atoms with Crippen LogP contribution in [0.15, 0.2) is 60.9 Å². The molecule has 0 spiro atoms. The van der Waals surface area contributed by atoms with Crippen molar-refractivity contribution in [2.24, 2.45) is 0 Å². The number of aldehydes is 1. The number of hydrogen-bond donors (Lipinski definition) is 0. The van der Waals surface area contributed by atoms with Crippen molar-refractivity contribution in [2.45, 2.75) is 0 Å². The molecular formula is C17H14N2O2. The molecule has 3 aromatic rings. The summed E-state index contributed by atoms with van der Waals surface area (Å²) in [4.78, 5) is 15.3.